The van der Waals surface area contributed by atoms with Gasteiger partial charge in [0.05, 0.1) is 23.9 Å². The Morgan fingerprint density at radius 2 is 2.00 bits per heavy atom. The number of rotatable bonds is 4. The van der Waals surface area contributed by atoms with Crippen LogP contribution in [0.2, 0.25) is 0 Å². The second-order valence-corrected chi connectivity index (χ2v) is 11.6. The predicted octanol–water partition coefficient (Wildman–Crippen LogP) is 4.13. The number of hydrogen-bond acceptors (Lipinski definition) is 5. The molecule has 6 rings (SSSR count). The number of aliphatic hydroxyl groups is 1. The number of carbonyl (C=O) groups excluding carboxylic acids is 1. The van der Waals surface area contributed by atoms with E-state index in [0.717, 1.165) is 87.1 Å². The van der Waals surface area contributed by atoms with E-state index in [1.807, 2.05) is 30.0 Å². The largest absolute Gasteiger partial charge is 0.391 e. The van der Waals surface area contributed by atoms with Crippen LogP contribution in [0.25, 0.3) is 0 Å². The number of aryl methyl sites for hydroxylation is 1. The Labute approximate surface area is 219 Å². The first-order valence-corrected chi connectivity index (χ1v) is 13.8. The Hall–Kier alpha value is -3.01. The summed E-state index contributed by atoms with van der Waals surface area (Å²) in [6, 6.07) is 8.48. The molecule has 1 saturated carbocycles. The molecule has 192 valence electrons. The third-order valence-electron chi connectivity index (χ3n) is 9.35. The minimum absolute atomic E-state index is 0.0748. The second-order valence-electron chi connectivity index (χ2n) is 11.6. The molecule has 0 bridgehead atoms. The fraction of sp³-hybridized carbons (Fsp3) is 0.516. The highest BCUT2D eigenvalue weighted by Crippen LogP contribution is 2.52. The lowest BCUT2D eigenvalue weighted by molar-refractivity contribution is -0.130. The Balaban J connectivity index is 1.21. The number of carbonyl (C=O) groups is 1. The molecule has 2 saturated heterocycles. The number of allylic oxidation sites excluding steroid dienone is 4. The summed E-state index contributed by atoms with van der Waals surface area (Å²) < 4.78 is 0. The normalized spacial score (nSPS) is 31.1. The van der Waals surface area contributed by atoms with Gasteiger partial charge in [-0.3, -0.25) is 14.7 Å². The Morgan fingerprint density at radius 1 is 1.19 bits per heavy atom. The number of amides is 1. The number of hydrogen-bond donors (Lipinski definition) is 1. The molecule has 6 nitrogen and oxygen atoms in total. The van der Waals surface area contributed by atoms with Crippen LogP contribution >= 0.6 is 0 Å². The van der Waals surface area contributed by atoms with Crippen LogP contribution in [0.3, 0.4) is 0 Å². The van der Waals surface area contributed by atoms with Gasteiger partial charge in [0, 0.05) is 42.9 Å². The van der Waals surface area contributed by atoms with Crippen molar-refractivity contribution < 1.29 is 9.90 Å². The summed E-state index contributed by atoms with van der Waals surface area (Å²) in [5.41, 5.74) is 4.28. The summed E-state index contributed by atoms with van der Waals surface area (Å²) in [6.07, 6.45) is 16.6. The highest BCUT2D eigenvalue weighted by atomic mass is 16.3. The summed E-state index contributed by atoms with van der Waals surface area (Å²) in [6.45, 7) is 5.05. The van der Waals surface area contributed by atoms with Crippen LogP contribution in [0.1, 0.15) is 56.3 Å². The highest BCUT2D eigenvalue weighted by Gasteiger charge is 2.53. The van der Waals surface area contributed by atoms with Crippen molar-refractivity contribution in [2.45, 2.75) is 69.4 Å². The average Bonchev–Trinajstić information content (AvgIpc) is 3.20. The van der Waals surface area contributed by atoms with Gasteiger partial charge in [-0.25, -0.2) is 0 Å². The zero-order valence-corrected chi connectivity index (χ0v) is 21.7. The SMILES string of the molecule is Cc1cccc(C2(C#N)CCN(CC3=CC4=CC=CCC45CN([C@H]4CCCC[C@@H]4O)C(=O)C5=C3)CC2)n1. The van der Waals surface area contributed by atoms with Crippen LogP contribution in [0.15, 0.2) is 65.3 Å². The summed E-state index contributed by atoms with van der Waals surface area (Å²) >= 11 is 0. The number of nitrogens with zero attached hydrogens (tertiary/aromatic N) is 4. The number of piperidine rings is 1. The molecule has 1 spiro atoms. The van der Waals surface area contributed by atoms with E-state index < -0.39 is 11.5 Å². The van der Waals surface area contributed by atoms with Gasteiger partial charge >= 0.3 is 0 Å². The van der Waals surface area contributed by atoms with Crippen molar-refractivity contribution in [3.63, 3.8) is 0 Å². The predicted molar refractivity (Wildman–Crippen MR) is 142 cm³/mol. The average molecular weight is 497 g/mol. The molecular formula is C31H36N4O2. The van der Waals surface area contributed by atoms with E-state index in [1.54, 1.807) is 0 Å². The third kappa shape index (κ3) is 4.09. The summed E-state index contributed by atoms with van der Waals surface area (Å²) in [5.74, 6) is 0.102. The molecule has 1 amide bonds. The van der Waals surface area contributed by atoms with Gasteiger partial charge in [-0.15, -0.1) is 0 Å². The molecule has 3 atom stereocenters. The Bertz CT molecular complexity index is 1260. The number of aromatic nitrogens is 1. The zero-order valence-electron chi connectivity index (χ0n) is 21.7. The summed E-state index contributed by atoms with van der Waals surface area (Å²) in [7, 11) is 0. The van der Waals surface area contributed by atoms with Gasteiger partial charge in [-0.2, -0.15) is 5.26 Å². The van der Waals surface area contributed by atoms with Crippen LogP contribution in [0, 0.1) is 23.7 Å². The Morgan fingerprint density at radius 3 is 2.76 bits per heavy atom. The van der Waals surface area contributed by atoms with Crippen molar-refractivity contribution in [3.8, 4) is 6.07 Å². The van der Waals surface area contributed by atoms with Gasteiger partial charge in [-0.1, -0.05) is 43.2 Å². The molecule has 3 fully saturated rings. The molecule has 2 aliphatic heterocycles. The summed E-state index contributed by atoms with van der Waals surface area (Å²) in [4.78, 5) is 22.9. The van der Waals surface area contributed by atoms with Crippen molar-refractivity contribution in [2.24, 2.45) is 5.41 Å². The first-order valence-electron chi connectivity index (χ1n) is 13.8. The van der Waals surface area contributed by atoms with Gasteiger partial charge < -0.3 is 10.0 Å². The first-order chi connectivity index (χ1) is 17.9. The number of pyridine rings is 1. The van der Waals surface area contributed by atoms with Crippen LogP contribution in [0.4, 0.5) is 0 Å². The first kappa shape index (κ1) is 24.3. The maximum absolute atomic E-state index is 13.8. The van der Waals surface area contributed by atoms with Gasteiger partial charge in [0.15, 0.2) is 0 Å². The van der Waals surface area contributed by atoms with Gasteiger partial charge in [0.1, 0.15) is 5.41 Å². The van der Waals surface area contributed by atoms with Crippen LogP contribution in [-0.2, 0) is 10.2 Å². The van der Waals surface area contributed by atoms with Gasteiger partial charge in [0.2, 0.25) is 0 Å². The molecule has 0 radical (unpaired) electrons. The molecule has 0 aromatic carbocycles. The lowest BCUT2D eigenvalue weighted by atomic mass is 9.67. The standard InChI is InChI=1S/C31H36N4O2/c1-22-7-6-11-28(33-22)30(20-32)13-15-34(16-14-30)19-23-17-24-8-4-5-12-31(24)21-35(29(37)25(31)18-23)26-9-2-3-10-27(26)36/h4-8,11,17-18,26-27,36H,2-3,9-10,12-16,19,21H2,1H3/t26-,27-,31?/m0/s1. The van der Waals surface area contributed by atoms with Gasteiger partial charge in [0.25, 0.3) is 5.91 Å². The van der Waals surface area contributed by atoms with Crippen molar-refractivity contribution in [2.75, 3.05) is 26.2 Å². The van der Waals surface area contributed by atoms with E-state index >= 15 is 0 Å². The molecule has 5 aliphatic rings. The minimum Gasteiger partial charge on any atom is -0.391 e. The van der Waals surface area contributed by atoms with E-state index in [9.17, 15) is 15.2 Å². The molecule has 1 N–H and O–H groups in total. The van der Waals surface area contributed by atoms with Gasteiger partial charge in [-0.05, 0) is 68.4 Å². The van der Waals surface area contributed by atoms with Crippen LogP contribution in [-0.4, -0.2) is 64.1 Å². The van der Waals surface area contributed by atoms with Crippen molar-refractivity contribution in [1.29, 1.82) is 5.26 Å². The van der Waals surface area contributed by atoms with Crippen LogP contribution in [0.5, 0.6) is 0 Å². The van der Waals surface area contributed by atoms with Crippen molar-refractivity contribution >= 4 is 5.91 Å². The molecule has 1 aromatic rings. The van der Waals surface area contributed by atoms with Crippen molar-refractivity contribution in [3.05, 3.63) is 76.7 Å². The fourth-order valence-corrected chi connectivity index (χ4v) is 7.16. The number of nitriles is 1. The Kier molecular flexibility index (Phi) is 6.17. The molecular weight excluding hydrogens is 460 g/mol. The van der Waals surface area contributed by atoms with E-state index in [2.05, 4.69) is 46.3 Å². The molecule has 1 unspecified atom stereocenters. The topological polar surface area (TPSA) is 80.5 Å². The number of aliphatic hydroxyl groups excluding tert-OH is 1. The maximum atomic E-state index is 13.8. The molecule has 6 heteroatoms. The zero-order chi connectivity index (χ0) is 25.6. The smallest absolute Gasteiger partial charge is 0.251 e. The van der Waals surface area contributed by atoms with E-state index in [4.69, 9.17) is 0 Å². The minimum atomic E-state index is -0.531. The highest BCUT2D eigenvalue weighted by molar-refractivity contribution is 6.00. The quantitative estimate of drug-likeness (QED) is 0.678. The lowest BCUT2D eigenvalue weighted by Crippen LogP contribution is -2.47. The maximum Gasteiger partial charge on any atom is 0.251 e. The lowest BCUT2D eigenvalue weighted by Gasteiger charge is -2.39. The molecule has 1 aromatic heterocycles. The number of likely N-dealkylation sites (tertiary alicyclic amines) is 2. The second kappa shape index (κ2) is 9.38. The van der Waals surface area contributed by atoms with E-state index in [1.165, 1.54) is 5.57 Å². The fourth-order valence-electron chi connectivity index (χ4n) is 7.16. The molecule has 3 aliphatic carbocycles. The molecule has 37 heavy (non-hydrogen) atoms. The summed E-state index contributed by atoms with van der Waals surface area (Å²) in [5, 5.41) is 20.8. The van der Waals surface area contributed by atoms with E-state index in [0.29, 0.717) is 6.54 Å². The van der Waals surface area contributed by atoms with E-state index in [-0.39, 0.29) is 17.4 Å². The van der Waals surface area contributed by atoms with Crippen molar-refractivity contribution in [1.82, 2.24) is 14.8 Å². The monoisotopic (exact) mass is 496 g/mol. The molecule has 3 heterocycles. The van der Waals surface area contributed by atoms with Crippen LogP contribution < -0.4 is 0 Å². The third-order valence-corrected chi connectivity index (χ3v) is 9.35.